The first-order valence-electron chi connectivity index (χ1n) is 7.28. The lowest BCUT2D eigenvalue weighted by atomic mass is 9.81. The van der Waals surface area contributed by atoms with Gasteiger partial charge in [-0.2, -0.15) is 13.2 Å². The molecule has 2 fully saturated rings. The van der Waals surface area contributed by atoms with E-state index in [0.717, 1.165) is 17.7 Å². The second-order valence-electron chi connectivity index (χ2n) is 6.20. The summed E-state index contributed by atoms with van der Waals surface area (Å²) in [7, 11) is 0. The Morgan fingerprint density at radius 1 is 1.19 bits per heavy atom. The lowest BCUT2D eigenvalue weighted by Crippen LogP contribution is -2.49. The van der Waals surface area contributed by atoms with E-state index in [4.69, 9.17) is 5.11 Å². The molecule has 21 heavy (non-hydrogen) atoms. The molecular formula is C14H20F3NO3. The fraction of sp³-hybridized carbons (Fsp3) is 0.857. The van der Waals surface area contributed by atoms with Gasteiger partial charge >= 0.3 is 12.1 Å². The average Bonchev–Trinajstić information content (AvgIpc) is 3.05. The van der Waals surface area contributed by atoms with E-state index >= 15 is 0 Å². The number of aliphatic carboxylic acids is 1. The second-order valence-corrected chi connectivity index (χ2v) is 6.20. The van der Waals surface area contributed by atoms with E-state index in [9.17, 15) is 22.8 Å². The largest absolute Gasteiger partial charge is 0.481 e. The predicted octanol–water partition coefficient (Wildman–Crippen LogP) is 2.82. The first-order valence-corrected chi connectivity index (χ1v) is 7.28. The molecule has 0 bridgehead atoms. The topological polar surface area (TPSA) is 57.6 Å². The van der Waals surface area contributed by atoms with Crippen LogP contribution in [0.3, 0.4) is 0 Å². The van der Waals surface area contributed by atoms with Crippen LogP contribution < -0.4 is 0 Å². The highest BCUT2D eigenvalue weighted by Crippen LogP contribution is 2.49. The van der Waals surface area contributed by atoms with Gasteiger partial charge < -0.3 is 10.0 Å². The van der Waals surface area contributed by atoms with E-state index in [-0.39, 0.29) is 12.5 Å². The molecule has 1 unspecified atom stereocenters. The molecule has 4 nitrogen and oxygen atoms in total. The molecular weight excluding hydrogens is 287 g/mol. The molecule has 1 aliphatic carbocycles. The van der Waals surface area contributed by atoms with Crippen molar-refractivity contribution in [2.24, 2.45) is 10.8 Å². The first-order chi connectivity index (χ1) is 9.68. The molecule has 0 aromatic carbocycles. The third kappa shape index (κ3) is 2.40. The molecule has 0 spiro atoms. The van der Waals surface area contributed by atoms with E-state index in [1.165, 1.54) is 0 Å². The van der Waals surface area contributed by atoms with Crippen molar-refractivity contribution < 1.29 is 27.9 Å². The van der Waals surface area contributed by atoms with Gasteiger partial charge in [-0.25, -0.2) is 0 Å². The van der Waals surface area contributed by atoms with Crippen molar-refractivity contribution >= 4 is 11.9 Å². The van der Waals surface area contributed by atoms with Crippen LogP contribution in [0.15, 0.2) is 0 Å². The van der Waals surface area contributed by atoms with Crippen molar-refractivity contribution in [1.82, 2.24) is 4.90 Å². The third-order valence-electron chi connectivity index (χ3n) is 5.20. The molecule has 1 amide bonds. The van der Waals surface area contributed by atoms with E-state index in [1.807, 2.05) is 6.92 Å². The Morgan fingerprint density at radius 3 is 2.14 bits per heavy atom. The minimum absolute atomic E-state index is 0.133. The van der Waals surface area contributed by atoms with Gasteiger partial charge in [0.1, 0.15) is 0 Å². The Balaban J connectivity index is 2.21. The van der Waals surface area contributed by atoms with Crippen molar-refractivity contribution in [3.05, 3.63) is 0 Å². The van der Waals surface area contributed by atoms with E-state index in [2.05, 4.69) is 0 Å². The number of rotatable bonds is 3. The van der Waals surface area contributed by atoms with Crippen LogP contribution in [0.2, 0.25) is 0 Å². The van der Waals surface area contributed by atoms with Crippen molar-refractivity contribution in [2.45, 2.75) is 51.6 Å². The highest BCUT2D eigenvalue weighted by Gasteiger charge is 2.65. The lowest BCUT2D eigenvalue weighted by molar-refractivity contribution is -0.227. The summed E-state index contributed by atoms with van der Waals surface area (Å²) in [4.78, 5) is 24.9. The molecule has 2 rings (SSSR count). The van der Waals surface area contributed by atoms with Crippen molar-refractivity contribution in [2.75, 3.05) is 13.1 Å². The number of halogens is 3. The zero-order valence-electron chi connectivity index (χ0n) is 12.0. The fourth-order valence-electron chi connectivity index (χ4n) is 3.62. The normalized spacial score (nSPS) is 28.9. The van der Waals surface area contributed by atoms with E-state index < -0.39 is 35.9 Å². The molecule has 1 saturated heterocycles. The number of nitrogens with zero attached hydrogens (tertiary/aromatic N) is 1. The number of hydrogen-bond donors (Lipinski definition) is 1. The summed E-state index contributed by atoms with van der Waals surface area (Å²) >= 11 is 0. The third-order valence-corrected chi connectivity index (χ3v) is 5.20. The standard InChI is InChI=1S/C14H20F3NO3/c1-2-12(5-3-4-6-12)10(19)18-8-7-13(9-18,11(20)21)14(15,16)17/h2-9H2,1H3,(H,20,21). The van der Waals surface area contributed by atoms with Crippen LogP contribution in [0, 0.1) is 10.8 Å². The Kier molecular flexibility index (Phi) is 3.97. The van der Waals surface area contributed by atoms with E-state index in [1.54, 1.807) is 0 Å². The van der Waals surface area contributed by atoms with Crippen molar-refractivity contribution in [3.63, 3.8) is 0 Å². The van der Waals surface area contributed by atoms with Gasteiger partial charge in [0.2, 0.25) is 5.91 Å². The van der Waals surface area contributed by atoms with Crippen LogP contribution in [0.1, 0.15) is 45.4 Å². The van der Waals surface area contributed by atoms with Gasteiger partial charge in [-0.05, 0) is 25.7 Å². The van der Waals surface area contributed by atoms with Crippen LogP contribution in [-0.4, -0.2) is 41.1 Å². The maximum absolute atomic E-state index is 13.1. The van der Waals surface area contributed by atoms with Crippen molar-refractivity contribution in [3.8, 4) is 0 Å². The van der Waals surface area contributed by atoms with Gasteiger partial charge in [0.05, 0.1) is 0 Å². The molecule has 1 saturated carbocycles. The molecule has 1 aliphatic heterocycles. The van der Waals surface area contributed by atoms with Crippen LogP contribution in [0.5, 0.6) is 0 Å². The van der Waals surface area contributed by atoms with Crippen LogP contribution >= 0.6 is 0 Å². The molecule has 120 valence electrons. The minimum atomic E-state index is -4.84. The molecule has 7 heteroatoms. The summed E-state index contributed by atoms with van der Waals surface area (Å²) in [6.45, 7) is 0.978. The number of amides is 1. The highest BCUT2D eigenvalue weighted by molar-refractivity contribution is 5.85. The van der Waals surface area contributed by atoms with Crippen LogP contribution in [0.4, 0.5) is 13.2 Å². The monoisotopic (exact) mass is 307 g/mol. The van der Waals surface area contributed by atoms with E-state index in [0.29, 0.717) is 19.3 Å². The second kappa shape index (κ2) is 5.18. The van der Waals surface area contributed by atoms with Gasteiger partial charge in [0.25, 0.3) is 0 Å². The highest BCUT2D eigenvalue weighted by atomic mass is 19.4. The quantitative estimate of drug-likeness (QED) is 0.872. The van der Waals surface area contributed by atoms with Gasteiger partial charge in [-0.15, -0.1) is 0 Å². The summed E-state index contributed by atoms with van der Waals surface area (Å²) < 4.78 is 39.4. The van der Waals surface area contributed by atoms with Crippen LogP contribution in [0.25, 0.3) is 0 Å². The Hall–Kier alpha value is -1.27. The molecule has 2 aliphatic rings. The Morgan fingerprint density at radius 2 is 1.76 bits per heavy atom. The van der Waals surface area contributed by atoms with Gasteiger partial charge in [0.15, 0.2) is 5.41 Å². The summed E-state index contributed by atoms with van der Waals surface area (Å²) in [6, 6.07) is 0. The van der Waals surface area contributed by atoms with Gasteiger partial charge in [-0.3, -0.25) is 9.59 Å². The number of carbonyl (C=O) groups is 2. The number of likely N-dealkylation sites (tertiary alicyclic amines) is 1. The summed E-state index contributed by atoms with van der Waals surface area (Å²) in [5.74, 6) is -2.18. The number of carbonyl (C=O) groups excluding carboxylic acids is 1. The number of hydrogen-bond acceptors (Lipinski definition) is 2. The van der Waals surface area contributed by atoms with Gasteiger partial charge in [-0.1, -0.05) is 19.8 Å². The Labute approximate surface area is 121 Å². The number of carboxylic acid groups (broad SMARTS) is 1. The van der Waals surface area contributed by atoms with Gasteiger partial charge in [0, 0.05) is 18.5 Å². The fourth-order valence-corrected chi connectivity index (χ4v) is 3.62. The summed E-state index contributed by atoms with van der Waals surface area (Å²) in [5, 5.41) is 9.03. The maximum atomic E-state index is 13.1. The predicted molar refractivity (Wildman–Crippen MR) is 68.5 cm³/mol. The molecule has 1 N–H and O–H groups in total. The smallest absolute Gasteiger partial charge is 0.406 e. The van der Waals surface area contributed by atoms with Crippen LogP contribution in [-0.2, 0) is 9.59 Å². The van der Waals surface area contributed by atoms with Crippen molar-refractivity contribution in [1.29, 1.82) is 0 Å². The molecule has 1 heterocycles. The zero-order chi connectivity index (χ0) is 15.9. The number of alkyl halides is 3. The first kappa shape index (κ1) is 16.1. The molecule has 0 radical (unpaired) electrons. The maximum Gasteiger partial charge on any atom is 0.406 e. The summed E-state index contributed by atoms with van der Waals surface area (Å²) in [5.41, 5.74) is -3.39. The molecule has 0 aromatic rings. The zero-order valence-corrected chi connectivity index (χ0v) is 12.0. The SMILES string of the molecule is CCC1(C(=O)N2CCC(C(=O)O)(C(F)(F)F)C2)CCCC1. The number of carboxylic acids is 1. The lowest BCUT2D eigenvalue weighted by Gasteiger charge is -2.33. The average molecular weight is 307 g/mol. The molecule has 1 atom stereocenters. The molecule has 0 aromatic heterocycles. The Bertz CT molecular complexity index is 443. The summed E-state index contributed by atoms with van der Waals surface area (Å²) in [6.07, 6.45) is -1.64. The minimum Gasteiger partial charge on any atom is -0.481 e.